The molecule has 2 rings (SSSR count). The monoisotopic (exact) mass is 203 g/mol. The average Bonchev–Trinajstić information content (AvgIpc) is 2.71. The van der Waals surface area contributed by atoms with E-state index >= 15 is 0 Å². The highest BCUT2D eigenvalue weighted by Gasteiger charge is 2.07. The third-order valence-corrected chi connectivity index (χ3v) is 1.76. The number of nitrogens with zero attached hydrogens (tertiary/aromatic N) is 3. The average molecular weight is 203 g/mol. The number of amides is 1. The predicted octanol–water partition coefficient (Wildman–Crippen LogP) is 0.760. The third-order valence-electron chi connectivity index (χ3n) is 1.76. The van der Waals surface area contributed by atoms with E-state index in [0.717, 1.165) is 5.69 Å². The molecule has 0 aliphatic rings. The number of carbonyl (C=O) groups excluding carboxylic acids is 1. The Morgan fingerprint density at radius 1 is 1.40 bits per heavy atom. The summed E-state index contributed by atoms with van der Waals surface area (Å²) < 4.78 is 0. The van der Waals surface area contributed by atoms with Crippen molar-refractivity contribution in [2.24, 2.45) is 0 Å². The second-order valence-electron chi connectivity index (χ2n) is 2.97. The summed E-state index contributed by atoms with van der Waals surface area (Å²) in [5.74, 6) is 0.217. The van der Waals surface area contributed by atoms with Crippen molar-refractivity contribution in [1.82, 2.24) is 20.2 Å². The summed E-state index contributed by atoms with van der Waals surface area (Å²) in [4.78, 5) is 19.5. The van der Waals surface area contributed by atoms with Gasteiger partial charge in [0.2, 0.25) is 0 Å². The minimum absolute atomic E-state index is 0.273. The summed E-state index contributed by atoms with van der Waals surface area (Å²) in [6.45, 7) is 1.81. The molecule has 0 aromatic carbocycles. The van der Waals surface area contributed by atoms with E-state index in [4.69, 9.17) is 0 Å². The summed E-state index contributed by atoms with van der Waals surface area (Å²) in [5.41, 5.74) is 1.04. The first-order valence-corrected chi connectivity index (χ1v) is 4.35. The molecule has 15 heavy (non-hydrogen) atoms. The van der Waals surface area contributed by atoms with Gasteiger partial charge >= 0.3 is 0 Å². The van der Waals surface area contributed by atoms with Crippen LogP contribution in [-0.2, 0) is 0 Å². The van der Waals surface area contributed by atoms with Gasteiger partial charge in [-0.1, -0.05) is 0 Å². The van der Waals surface area contributed by atoms with Gasteiger partial charge in [0.05, 0.1) is 18.1 Å². The summed E-state index contributed by atoms with van der Waals surface area (Å²) in [6, 6.07) is 1.65. The van der Waals surface area contributed by atoms with Gasteiger partial charge in [-0.05, 0) is 6.92 Å². The molecule has 0 unspecified atom stereocenters. The van der Waals surface area contributed by atoms with Gasteiger partial charge in [-0.25, -0.2) is 4.98 Å². The van der Waals surface area contributed by atoms with Crippen LogP contribution in [0.1, 0.15) is 16.2 Å². The maximum Gasteiger partial charge on any atom is 0.276 e. The number of H-pyrrole nitrogens is 1. The Morgan fingerprint density at radius 3 is 2.87 bits per heavy atom. The number of aryl methyl sites for hydroxylation is 1. The van der Waals surface area contributed by atoms with E-state index in [2.05, 4.69) is 25.5 Å². The zero-order chi connectivity index (χ0) is 10.7. The van der Waals surface area contributed by atoms with Crippen LogP contribution in [0, 0.1) is 6.92 Å². The fourth-order valence-electron chi connectivity index (χ4n) is 1.02. The normalized spacial score (nSPS) is 9.93. The van der Waals surface area contributed by atoms with Crippen LogP contribution in [0.25, 0.3) is 0 Å². The molecule has 0 spiro atoms. The molecule has 1 amide bonds. The fraction of sp³-hybridized carbons (Fsp3) is 0.111. The van der Waals surface area contributed by atoms with Crippen molar-refractivity contribution >= 4 is 11.7 Å². The zero-order valence-electron chi connectivity index (χ0n) is 8.06. The quantitative estimate of drug-likeness (QED) is 0.754. The van der Waals surface area contributed by atoms with Crippen LogP contribution in [-0.4, -0.2) is 26.1 Å². The number of carbonyl (C=O) groups is 1. The lowest BCUT2D eigenvalue weighted by Crippen LogP contribution is -2.14. The van der Waals surface area contributed by atoms with Gasteiger partial charge in [-0.2, -0.15) is 5.10 Å². The van der Waals surface area contributed by atoms with Gasteiger partial charge in [0.1, 0.15) is 11.5 Å². The standard InChI is InChI=1S/C9H9N5O/c1-6-4-11-7(5-10-6)9(15)13-8-2-3-12-14-8/h2-5H,1H3,(H2,12,13,14,15). The van der Waals surface area contributed by atoms with Crippen LogP contribution >= 0.6 is 0 Å². The second kappa shape index (κ2) is 3.87. The minimum atomic E-state index is -0.313. The molecule has 0 radical (unpaired) electrons. The SMILES string of the molecule is Cc1cnc(C(=O)Nc2ccn[nH]2)cn1. The van der Waals surface area contributed by atoms with Crippen molar-refractivity contribution < 1.29 is 4.79 Å². The van der Waals surface area contributed by atoms with Gasteiger partial charge in [-0.15, -0.1) is 0 Å². The van der Waals surface area contributed by atoms with Gasteiger partial charge in [0, 0.05) is 12.3 Å². The first-order valence-electron chi connectivity index (χ1n) is 4.35. The first-order chi connectivity index (χ1) is 7.25. The minimum Gasteiger partial charge on any atom is -0.306 e. The van der Waals surface area contributed by atoms with Crippen LogP contribution in [0.5, 0.6) is 0 Å². The highest BCUT2D eigenvalue weighted by Crippen LogP contribution is 2.02. The Balaban J connectivity index is 2.11. The van der Waals surface area contributed by atoms with Crippen LogP contribution in [0.15, 0.2) is 24.7 Å². The lowest BCUT2D eigenvalue weighted by molar-refractivity contribution is 0.102. The third kappa shape index (κ3) is 2.16. The highest BCUT2D eigenvalue weighted by atomic mass is 16.1. The lowest BCUT2D eigenvalue weighted by atomic mass is 10.4. The molecule has 0 fully saturated rings. The Morgan fingerprint density at radius 2 is 2.27 bits per heavy atom. The van der Waals surface area contributed by atoms with E-state index < -0.39 is 0 Å². The molecule has 76 valence electrons. The molecule has 0 aliphatic heterocycles. The topological polar surface area (TPSA) is 83.6 Å². The molecule has 0 saturated heterocycles. The van der Waals surface area contributed by atoms with E-state index in [1.165, 1.54) is 6.20 Å². The molecule has 2 aromatic heterocycles. The molecule has 6 heteroatoms. The van der Waals surface area contributed by atoms with E-state index in [9.17, 15) is 4.79 Å². The largest absolute Gasteiger partial charge is 0.306 e. The van der Waals surface area contributed by atoms with Crippen molar-refractivity contribution in [2.75, 3.05) is 5.32 Å². The number of aromatic amines is 1. The Bertz CT molecular complexity index is 448. The summed E-state index contributed by atoms with van der Waals surface area (Å²) in [7, 11) is 0. The van der Waals surface area contributed by atoms with E-state index in [-0.39, 0.29) is 11.6 Å². The smallest absolute Gasteiger partial charge is 0.276 e. The molecular weight excluding hydrogens is 194 g/mol. The lowest BCUT2D eigenvalue weighted by Gasteiger charge is -2.00. The molecule has 2 aromatic rings. The van der Waals surface area contributed by atoms with Crippen molar-refractivity contribution in [1.29, 1.82) is 0 Å². The summed E-state index contributed by atoms with van der Waals surface area (Å²) >= 11 is 0. The van der Waals surface area contributed by atoms with Crippen LogP contribution in [0.3, 0.4) is 0 Å². The number of aromatic nitrogens is 4. The summed E-state index contributed by atoms with van der Waals surface area (Å²) in [6.07, 6.45) is 4.53. The van der Waals surface area contributed by atoms with Gasteiger partial charge in [0.25, 0.3) is 5.91 Å². The zero-order valence-corrected chi connectivity index (χ0v) is 8.06. The van der Waals surface area contributed by atoms with Crippen molar-refractivity contribution in [2.45, 2.75) is 6.92 Å². The number of nitrogens with one attached hydrogen (secondary N) is 2. The number of hydrogen-bond donors (Lipinski definition) is 2. The predicted molar refractivity (Wildman–Crippen MR) is 53.3 cm³/mol. The molecule has 2 heterocycles. The van der Waals surface area contributed by atoms with Gasteiger partial charge in [-0.3, -0.25) is 14.9 Å². The molecule has 0 aliphatic carbocycles. The Hall–Kier alpha value is -2.24. The molecule has 0 atom stereocenters. The Kier molecular flexibility index (Phi) is 2.40. The number of hydrogen-bond acceptors (Lipinski definition) is 4. The van der Waals surface area contributed by atoms with Crippen LogP contribution < -0.4 is 5.32 Å². The fourth-order valence-corrected chi connectivity index (χ4v) is 1.02. The number of rotatable bonds is 2. The molecular formula is C9H9N5O. The second-order valence-corrected chi connectivity index (χ2v) is 2.97. The molecule has 6 nitrogen and oxygen atoms in total. The maximum absolute atomic E-state index is 11.6. The maximum atomic E-state index is 11.6. The number of anilines is 1. The van der Waals surface area contributed by atoms with Crippen molar-refractivity contribution in [3.05, 3.63) is 36.0 Å². The molecule has 0 bridgehead atoms. The van der Waals surface area contributed by atoms with Crippen molar-refractivity contribution in [3.8, 4) is 0 Å². The van der Waals surface area contributed by atoms with Gasteiger partial charge < -0.3 is 5.32 Å². The molecule has 0 saturated carbocycles. The molecule has 2 N–H and O–H groups in total. The first kappa shape index (κ1) is 9.32. The highest BCUT2D eigenvalue weighted by molar-refractivity contribution is 6.01. The van der Waals surface area contributed by atoms with E-state index in [1.54, 1.807) is 18.5 Å². The van der Waals surface area contributed by atoms with Crippen LogP contribution in [0.2, 0.25) is 0 Å². The van der Waals surface area contributed by atoms with Crippen molar-refractivity contribution in [3.63, 3.8) is 0 Å². The van der Waals surface area contributed by atoms with Gasteiger partial charge in [0.15, 0.2) is 0 Å². The van der Waals surface area contributed by atoms with Crippen LogP contribution in [0.4, 0.5) is 5.82 Å². The van der Waals surface area contributed by atoms with E-state index in [1.807, 2.05) is 6.92 Å². The Labute approximate surface area is 85.8 Å². The summed E-state index contributed by atoms with van der Waals surface area (Å²) in [5, 5.41) is 8.92. The van der Waals surface area contributed by atoms with E-state index in [0.29, 0.717) is 5.82 Å².